The summed E-state index contributed by atoms with van der Waals surface area (Å²) in [5, 5.41) is 7.32. The van der Waals surface area contributed by atoms with Gasteiger partial charge in [-0.1, -0.05) is 0 Å². The smallest absolute Gasteiger partial charge is 0.534 e. The molecule has 9 heteroatoms. The van der Waals surface area contributed by atoms with E-state index in [0.29, 0.717) is 0 Å². The predicted octanol–water partition coefficient (Wildman–Crippen LogP) is 0.844. The molecule has 1 unspecified atom stereocenters. The number of nitrogens with zero attached hydrogens (tertiary/aromatic N) is 1. The van der Waals surface area contributed by atoms with Gasteiger partial charge in [0.05, 0.1) is 17.4 Å². The topological polar surface area (TPSA) is 73.2 Å². The molecule has 12 heavy (non-hydrogen) atoms. The molecule has 0 aliphatic carbocycles. The van der Waals surface area contributed by atoms with Crippen molar-refractivity contribution >= 4 is 11.4 Å². The summed E-state index contributed by atoms with van der Waals surface area (Å²) in [5.74, 6) is 0. The molecule has 0 aliphatic heterocycles. The Morgan fingerprint density at radius 1 is 1.58 bits per heavy atom. The van der Waals surface area contributed by atoms with Gasteiger partial charge in [0.1, 0.15) is 0 Å². The van der Waals surface area contributed by atoms with Crippen molar-refractivity contribution in [1.29, 1.82) is 5.26 Å². The molecule has 0 saturated carbocycles. The summed E-state index contributed by atoms with van der Waals surface area (Å²) in [6.45, 7) is 1.43. The minimum Gasteiger partial charge on any atom is -0.750 e. The largest absolute Gasteiger partial charge is 0.750 e. The van der Waals surface area contributed by atoms with E-state index < -0.39 is 17.7 Å². The number of rotatable bonds is 1. The zero-order valence-corrected chi connectivity index (χ0v) is 7.40. The first-order valence-corrected chi connectivity index (χ1v) is 2.99. The van der Waals surface area contributed by atoms with Gasteiger partial charge in [-0.15, -0.1) is 13.2 Å². The number of nitriles is 1. The van der Waals surface area contributed by atoms with Crippen LogP contribution in [0.3, 0.4) is 0 Å². The summed E-state index contributed by atoms with van der Waals surface area (Å²) in [5.41, 5.74) is 0. The van der Waals surface area contributed by atoms with Crippen molar-refractivity contribution in [3.63, 3.8) is 0 Å². The molecule has 0 N–H and O–H groups in total. The molecule has 0 fully saturated rings. The first-order valence-electron chi connectivity index (χ1n) is 1.99. The Morgan fingerprint density at radius 3 is 1.83 bits per heavy atom. The van der Waals surface area contributed by atoms with E-state index in [9.17, 15) is 13.2 Å². The molecule has 75 valence electrons. The van der Waals surface area contributed by atoms with Crippen molar-refractivity contribution in [3.05, 3.63) is 0 Å². The molecule has 0 bridgehead atoms. The van der Waals surface area contributed by atoms with E-state index >= 15 is 0 Å². The fourth-order valence-corrected chi connectivity index (χ4v) is 0.231. The van der Waals surface area contributed by atoms with Crippen LogP contribution >= 0.6 is 0 Å². The summed E-state index contributed by atoms with van der Waals surface area (Å²) in [7, 11) is 0. The van der Waals surface area contributed by atoms with Gasteiger partial charge in [-0.05, 0) is 0 Å². The van der Waals surface area contributed by atoms with Gasteiger partial charge in [0.2, 0.25) is 0 Å². The fraction of sp³-hybridized carbons (Fsp3) is 0.667. The van der Waals surface area contributed by atoms with Crippen LogP contribution in [0.25, 0.3) is 0 Å². The summed E-state index contributed by atoms with van der Waals surface area (Å²) in [6.07, 6.45) is -5.09. The Bertz CT molecular complexity index is 167. The molecular weight excluding hydrogens is 246 g/mol. The number of hydrogen-bond acceptors (Lipinski definition) is 4. The monoisotopic (exact) mass is 249 g/mol. The van der Waals surface area contributed by atoms with E-state index in [1.54, 1.807) is 6.07 Å². The van der Waals surface area contributed by atoms with Gasteiger partial charge >= 0.3 is 6.36 Å². The third kappa shape index (κ3) is 32.8. The number of halogens is 3. The molecule has 4 nitrogen and oxygen atoms in total. The Hall–Kier alpha value is -0.144. The van der Waals surface area contributed by atoms with Gasteiger partial charge in [-0.3, -0.25) is 0 Å². The third-order valence-electron chi connectivity index (χ3n) is 0.163. The van der Waals surface area contributed by atoms with Crippen molar-refractivity contribution in [1.82, 2.24) is 0 Å². The molecule has 0 spiro atoms. The van der Waals surface area contributed by atoms with E-state index in [-0.39, 0.29) is 16.8 Å². The van der Waals surface area contributed by atoms with Gasteiger partial charge in [0.15, 0.2) is 0 Å². The minimum atomic E-state index is -5.09. The molecule has 0 heterocycles. The van der Waals surface area contributed by atoms with E-state index in [0.717, 1.165) is 0 Å². The molecule has 0 aromatic heterocycles. The maximum Gasteiger partial charge on any atom is 0.534 e. The minimum absolute atomic E-state index is 0. The molecule has 1 radical (unpaired) electrons. The standard InChI is InChI=1S/C2H3N.CHF3O3S.Co/c1-2-3;2-1(3,4)7-8(5)6;/h1H3;(H,5,6);/p-1. The van der Waals surface area contributed by atoms with Crippen LogP contribution in [0.4, 0.5) is 13.2 Å². The van der Waals surface area contributed by atoms with Gasteiger partial charge in [0, 0.05) is 23.7 Å². The fourth-order valence-electron chi connectivity index (χ4n) is 0.0772. The van der Waals surface area contributed by atoms with E-state index in [1.165, 1.54) is 6.92 Å². The molecule has 0 aromatic carbocycles. The summed E-state index contributed by atoms with van der Waals surface area (Å²) < 4.78 is 52.6. The summed E-state index contributed by atoms with van der Waals surface area (Å²) in [6, 6.07) is 1.75. The van der Waals surface area contributed by atoms with Crippen LogP contribution in [0.2, 0.25) is 0 Å². The summed E-state index contributed by atoms with van der Waals surface area (Å²) >= 11 is -3.51. The molecule has 0 amide bonds. The SMILES string of the molecule is CC#N.O=S([O-])OC(F)(F)F.[Co]. The molecule has 0 aromatic rings. The number of alkyl halides is 3. The van der Waals surface area contributed by atoms with Crippen LogP contribution in [0.1, 0.15) is 6.92 Å². The van der Waals surface area contributed by atoms with Gasteiger partial charge < -0.3 is 4.55 Å². The Morgan fingerprint density at radius 2 is 1.83 bits per heavy atom. The zero-order valence-electron chi connectivity index (χ0n) is 5.55. The van der Waals surface area contributed by atoms with Gasteiger partial charge in [-0.25, -0.2) is 8.39 Å². The van der Waals surface area contributed by atoms with E-state index in [4.69, 9.17) is 14.0 Å². The second kappa shape index (κ2) is 8.95. The molecule has 0 aliphatic rings. The predicted molar refractivity (Wildman–Crippen MR) is 27.3 cm³/mol. The second-order valence-electron chi connectivity index (χ2n) is 0.957. The van der Waals surface area contributed by atoms with Crippen LogP contribution in [-0.4, -0.2) is 15.1 Å². The Kier molecular flexibility index (Phi) is 13.3. The Balaban J connectivity index is -0.000000177. The Labute approximate surface area is 79.4 Å². The summed E-state index contributed by atoms with van der Waals surface area (Å²) in [4.78, 5) is 0. The maximum absolute atomic E-state index is 10.7. The zero-order chi connectivity index (χ0) is 9.49. The first-order chi connectivity index (χ1) is 4.83. The first kappa shape index (κ1) is 17.8. The quantitative estimate of drug-likeness (QED) is 0.645. The van der Waals surface area contributed by atoms with Crippen LogP contribution in [0.15, 0.2) is 0 Å². The average Bonchev–Trinajstić information content (AvgIpc) is 1.57. The van der Waals surface area contributed by atoms with Crippen LogP contribution in [0, 0.1) is 11.3 Å². The van der Waals surface area contributed by atoms with Crippen molar-refractivity contribution in [2.45, 2.75) is 13.3 Å². The molecule has 0 saturated heterocycles. The number of hydrogen-bond donors (Lipinski definition) is 0. The molecular formula is C3H3CoF3NO3S-. The van der Waals surface area contributed by atoms with Gasteiger partial charge in [0.25, 0.3) is 0 Å². The normalized spacial score (nSPS) is 11.3. The van der Waals surface area contributed by atoms with Crippen molar-refractivity contribution < 1.29 is 42.9 Å². The van der Waals surface area contributed by atoms with E-state index in [2.05, 4.69) is 4.18 Å². The third-order valence-corrected chi connectivity index (χ3v) is 0.488. The van der Waals surface area contributed by atoms with Gasteiger partial charge in [-0.2, -0.15) is 5.26 Å². The van der Waals surface area contributed by atoms with Crippen molar-refractivity contribution in [2.24, 2.45) is 0 Å². The van der Waals surface area contributed by atoms with Crippen LogP contribution < -0.4 is 0 Å². The van der Waals surface area contributed by atoms with E-state index in [1.807, 2.05) is 0 Å². The molecule has 0 rings (SSSR count). The van der Waals surface area contributed by atoms with Crippen LogP contribution in [-0.2, 0) is 32.3 Å². The maximum atomic E-state index is 10.7. The average molecular weight is 249 g/mol. The molecule has 1 atom stereocenters. The van der Waals surface area contributed by atoms with Crippen molar-refractivity contribution in [2.75, 3.05) is 0 Å². The van der Waals surface area contributed by atoms with Crippen LogP contribution in [0.5, 0.6) is 0 Å². The van der Waals surface area contributed by atoms with Crippen molar-refractivity contribution in [3.8, 4) is 6.07 Å². The second-order valence-corrected chi connectivity index (χ2v) is 1.53.